The third-order valence-electron chi connectivity index (χ3n) is 4.30. The molecule has 0 aromatic carbocycles. The standard InChI is InChI=1S/C14H23F3N4O2/c15-14(16,17)9-20-5-3-11(8-20)19-13(23)21-4-1-2-10(7-21)6-12(18)22/h10-11H,1-9H2,(H2,18,22)(H,19,23)/t10-,11+/m0/s1. The number of hydrogen-bond donors (Lipinski definition) is 2. The molecule has 2 rings (SSSR count). The van der Waals surface area contributed by atoms with Crippen LogP contribution in [0.1, 0.15) is 25.7 Å². The van der Waals surface area contributed by atoms with Gasteiger partial charge in [0.1, 0.15) is 0 Å². The molecule has 2 fully saturated rings. The van der Waals surface area contributed by atoms with Gasteiger partial charge in [-0.3, -0.25) is 9.69 Å². The van der Waals surface area contributed by atoms with Gasteiger partial charge in [0, 0.05) is 38.6 Å². The van der Waals surface area contributed by atoms with E-state index >= 15 is 0 Å². The number of hydrogen-bond acceptors (Lipinski definition) is 3. The summed E-state index contributed by atoms with van der Waals surface area (Å²) in [5.41, 5.74) is 5.19. The first kappa shape index (κ1) is 17.8. The van der Waals surface area contributed by atoms with Gasteiger partial charge in [-0.05, 0) is 25.2 Å². The Bertz CT molecular complexity index is 444. The van der Waals surface area contributed by atoms with Crippen molar-refractivity contribution in [1.29, 1.82) is 0 Å². The van der Waals surface area contributed by atoms with E-state index in [-0.39, 0.29) is 36.9 Å². The Balaban J connectivity index is 1.77. The topological polar surface area (TPSA) is 78.7 Å². The van der Waals surface area contributed by atoms with Gasteiger partial charge in [0.25, 0.3) is 0 Å². The predicted octanol–water partition coefficient (Wildman–Crippen LogP) is 0.920. The van der Waals surface area contributed by atoms with Gasteiger partial charge < -0.3 is 16.0 Å². The van der Waals surface area contributed by atoms with Crippen LogP contribution in [0.25, 0.3) is 0 Å². The molecule has 2 aliphatic rings. The second-order valence-corrected chi connectivity index (χ2v) is 6.41. The van der Waals surface area contributed by atoms with Crippen molar-refractivity contribution in [2.75, 3.05) is 32.7 Å². The number of rotatable bonds is 4. The zero-order chi connectivity index (χ0) is 17.0. The lowest BCUT2D eigenvalue weighted by Gasteiger charge is -2.33. The molecule has 6 nitrogen and oxygen atoms in total. The fourth-order valence-electron chi connectivity index (χ4n) is 3.31. The van der Waals surface area contributed by atoms with Gasteiger partial charge >= 0.3 is 12.2 Å². The van der Waals surface area contributed by atoms with E-state index in [1.54, 1.807) is 4.90 Å². The van der Waals surface area contributed by atoms with Crippen molar-refractivity contribution in [1.82, 2.24) is 15.1 Å². The van der Waals surface area contributed by atoms with Gasteiger partial charge in [0.2, 0.25) is 5.91 Å². The monoisotopic (exact) mass is 336 g/mol. The summed E-state index contributed by atoms with van der Waals surface area (Å²) in [6, 6.07) is -0.528. The van der Waals surface area contributed by atoms with E-state index < -0.39 is 12.7 Å². The first-order chi connectivity index (χ1) is 10.7. The average molecular weight is 336 g/mol. The molecule has 2 heterocycles. The van der Waals surface area contributed by atoms with Gasteiger partial charge in [0.15, 0.2) is 0 Å². The first-order valence-electron chi connectivity index (χ1n) is 7.86. The number of nitrogens with two attached hydrogens (primary N) is 1. The summed E-state index contributed by atoms with van der Waals surface area (Å²) in [7, 11) is 0. The molecule has 2 aliphatic heterocycles. The number of halogens is 3. The van der Waals surface area contributed by atoms with Gasteiger partial charge in [-0.2, -0.15) is 13.2 Å². The quantitative estimate of drug-likeness (QED) is 0.801. The van der Waals surface area contributed by atoms with Crippen LogP contribution in [0.3, 0.4) is 0 Å². The van der Waals surface area contributed by atoms with E-state index in [0.717, 1.165) is 12.8 Å². The molecule has 132 valence electrons. The molecule has 3 N–H and O–H groups in total. The van der Waals surface area contributed by atoms with Crippen molar-refractivity contribution in [3.05, 3.63) is 0 Å². The highest BCUT2D eigenvalue weighted by atomic mass is 19.4. The van der Waals surface area contributed by atoms with Crippen LogP contribution in [0.2, 0.25) is 0 Å². The summed E-state index contributed by atoms with van der Waals surface area (Å²) in [5, 5.41) is 2.80. The van der Waals surface area contributed by atoms with Crippen molar-refractivity contribution in [3.8, 4) is 0 Å². The molecule has 0 bridgehead atoms. The first-order valence-corrected chi connectivity index (χ1v) is 7.86. The Hall–Kier alpha value is -1.51. The summed E-state index contributed by atoms with van der Waals surface area (Å²) in [4.78, 5) is 26.1. The minimum atomic E-state index is -4.21. The number of amides is 3. The lowest BCUT2D eigenvalue weighted by Crippen LogP contribution is -2.49. The number of urea groups is 1. The summed E-state index contributed by atoms with van der Waals surface area (Å²) in [6.45, 7) is 0.663. The van der Waals surface area contributed by atoms with Gasteiger partial charge in [-0.25, -0.2) is 4.79 Å². The Labute approximate surface area is 133 Å². The molecule has 23 heavy (non-hydrogen) atoms. The van der Waals surface area contributed by atoms with E-state index in [1.165, 1.54) is 4.90 Å². The number of likely N-dealkylation sites (tertiary alicyclic amines) is 2. The zero-order valence-corrected chi connectivity index (χ0v) is 12.9. The van der Waals surface area contributed by atoms with Crippen LogP contribution in [-0.4, -0.2) is 66.7 Å². The number of nitrogens with one attached hydrogen (secondary N) is 1. The number of primary amides is 1. The molecule has 0 aliphatic carbocycles. The molecule has 0 spiro atoms. The molecule has 0 radical (unpaired) electrons. The highest BCUT2D eigenvalue weighted by Crippen LogP contribution is 2.21. The Morgan fingerprint density at radius 1 is 1.17 bits per heavy atom. The highest BCUT2D eigenvalue weighted by molar-refractivity contribution is 5.76. The average Bonchev–Trinajstić information content (AvgIpc) is 2.83. The molecule has 0 saturated carbocycles. The van der Waals surface area contributed by atoms with E-state index in [1.807, 2.05) is 0 Å². The predicted molar refractivity (Wildman–Crippen MR) is 77.5 cm³/mol. The number of piperidine rings is 1. The normalized spacial score (nSPS) is 26.3. The van der Waals surface area contributed by atoms with E-state index in [2.05, 4.69) is 5.32 Å². The Morgan fingerprint density at radius 3 is 2.57 bits per heavy atom. The van der Waals surface area contributed by atoms with E-state index in [4.69, 9.17) is 5.73 Å². The van der Waals surface area contributed by atoms with Crippen molar-refractivity contribution in [2.24, 2.45) is 11.7 Å². The maximum Gasteiger partial charge on any atom is 0.401 e. The van der Waals surface area contributed by atoms with Gasteiger partial charge in [0.05, 0.1) is 6.54 Å². The maximum absolute atomic E-state index is 12.4. The van der Waals surface area contributed by atoms with Crippen LogP contribution < -0.4 is 11.1 Å². The number of carbonyl (C=O) groups excluding carboxylic acids is 2. The highest BCUT2D eigenvalue weighted by Gasteiger charge is 2.35. The van der Waals surface area contributed by atoms with Gasteiger partial charge in [-0.15, -0.1) is 0 Å². The molecule has 0 unspecified atom stereocenters. The van der Waals surface area contributed by atoms with Gasteiger partial charge in [-0.1, -0.05) is 0 Å². The molecule has 9 heteroatoms. The van der Waals surface area contributed by atoms with Crippen molar-refractivity contribution in [3.63, 3.8) is 0 Å². The van der Waals surface area contributed by atoms with E-state index in [0.29, 0.717) is 26.1 Å². The molecule has 2 saturated heterocycles. The molecule has 0 aromatic heterocycles. The summed E-state index contributed by atoms with van der Waals surface area (Å²) in [6.07, 6.45) is -1.79. The fraction of sp³-hybridized carbons (Fsp3) is 0.857. The minimum Gasteiger partial charge on any atom is -0.370 e. The van der Waals surface area contributed by atoms with Crippen molar-refractivity contribution < 1.29 is 22.8 Å². The second kappa shape index (κ2) is 7.37. The second-order valence-electron chi connectivity index (χ2n) is 6.41. The molecular weight excluding hydrogens is 313 g/mol. The fourth-order valence-corrected chi connectivity index (χ4v) is 3.31. The van der Waals surface area contributed by atoms with E-state index in [9.17, 15) is 22.8 Å². The van der Waals surface area contributed by atoms with Crippen LogP contribution in [0, 0.1) is 5.92 Å². The molecule has 3 amide bonds. The van der Waals surface area contributed by atoms with Crippen LogP contribution in [0.15, 0.2) is 0 Å². The van der Waals surface area contributed by atoms with Crippen LogP contribution >= 0.6 is 0 Å². The van der Waals surface area contributed by atoms with Crippen LogP contribution in [0.4, 0.5) is 18.0 Å². The lowest BCUT2D eigenvalue weighted by molar-refractivity contribution is -0.143. The third kappa shape index (κ3) is 5.89. The zero-order valence-electron chi connectivity index (χ0n) is 12.9. The molecular formula is C14H23F3N4O2. The molecule has 0 aromatic rings. The van der Waals surface area contributed by atoms with Crippen molar-refractivity contribution in [2.45, 2.75) is 37.9 Å². The van der Waals surface area contributed by atoms with Crippen LogP contribution in [0.5, 0.6) is 0 Å². The van der Waals surface area contributed by atoms with Crippen LogP contribution in [-0.2, 0) is 4.79 Å². The third-order valence-corrected chi connectivity index (χ3v) is 4.30. The summed E-state index contributed by atoms with van der Waals surface area (Å²) >= 11 is 0. The molecule has 2 atom stereocenters. The Kier molecular flexibility index (Phi) is 5.72. The SMILES string of the molecule is NC(=O)C[C@@H]1CCCN(C(=O)N[C@@H]2CCN(CC(F)(F)F)C2)C1. The summed E-state index contributed by atoms with van der Waals surface area (Å²) in [5.74, 6) is -0.312. The number of nitrogens with zero attached hydrogens (tertiary/aromatic N) is 2. The maximum atomic E-state index is 12.4. The smallest absolute Gasteiger partial charge is 0.370 e. The number of alkyl halides is 3. The summed E-state index contributed by atoms with van der Waals surface area (Å²) < 4.78 is 37.1. The van der Waals surface area contributed by atoms with Crippen molar-refractivity contribution >= 4 is 11.9 Å². The largest absolute Gasteiger partial charge is 0.401 e. The Morgan fingerprint density at radius 2 is 1.91 bits per heavy atom. The number of carbonyl (C=O) groups is 2. The minimum absolute atomic E-state index is 0.0669. The lowest BCUT2D eigenvalue weighted by atomic mass is 9.95.